The minimum atomic E-state index is -0.240. The van der Waals surface area contributed by atoms with E-state index in [9.17, 15) is 9.59 Å². The fourth-order valence-electron chi connectivity index (χ4n) is 2.36. The minimum absolute atomic E-state index is 0.0448. The van der Waals surface area contributed by atoms with Crippen molar-refractivity contribution in [3.63, 3.8) is 0 Å². The van der Waals surface area contributed by atoms with Crippen LogP contribution in [0.5, 0.6) is 11.5 Å². The van der Waals surface area contributed by atoms with Gasteiger partial charge in [0.15, 0.2) is 11.5 Å². The first-order chi connectivity index (χ1) is 10.7. The molecule has 8 heteroatoms. The quantitative estimate of drug-likeness (QED) is 0.741. The van der Waals surface area contributed by atoms with Crippen LogP contribution in [0.15, 0.2) is 12.1 Å². The number of rotatable bonds is 5. The molecule has 2 heterocycles. The van der Waals surface area contributed by atoms with Crippen LogP contribution in [-0.2, 0) is 14.3 Å². The number of nitrogens with zero attached hydrogens (tertiary/aromatic N) is 1. The van der Waals surface area contributed by atoms with Gasteiger partial charge in [0.2, 0.25) is 18.6 Å². The largest absolute Gasteiger partial charge is 0.454 e. The molecule has 0 unspecified atom stereocenters. The second-order valence-electron chi connectivity index (χ2n) is 4.90. The first-order valence-corrected chi connectivity index (χ1v) is 6.92. The summed E-state index contributed by atoms with van der Waals surface area (Å²) in [6, 6.07) is 3.49. The number of hydrogen-bond donors (Lipinski definition) is 2. The summed E-state index contributed by atoms with van der Waals surface area (Å²) in [4.78, 5) is 25.5. The van der Waals surface area contributed by atoms with Crippen molar-refractivity contribution in [2.75, 3.05) is 50.4 Å². The monoisotopic (exact) mass is 307 g/mol. The Hall–Kier alpha value is -2.48. The summed E-state index contributed by atoms with van der Waals surface area (Å²) < 4.78 is 15.5. The lowest BCUT2D eigenvalue weighted by molar-refractivity contribution is -0.123. The highest BCUT2D eigenvalue weighted by molar-refractivity contribution is 6.06. The van der Waals surface area contributed by atoms with Crippen LogP contribution < -0.4 is 25.0 Å². The molecule has 0 atom stereocenters. The maximum atomic E-state index is 12.1. The van der Waals surface area contributed by atoms with Gasteiger partial charge in [-0.2, -0.15) is 0 Å². The molecule has 3 rings (SSSR count). The van der Waals surface area contributed by atoms with E-state index >= 15 is 0 Å². The summed E-state index contributed by atoms with van der Waals surface area (Å²) >= 11 is 0. The molecule has 0 bridgehead atoms. The summed E-state index contributed by atoms with van der Waals surface area (Å²) in [7, 11) is 1.56. The van der Waals surface area contributed by atoms with E-state index < -0.39 is 0 Å². The number of amides is 2. The topological polar surface area (TPSA) is 89.1 Å². The minimum Gasteiger partial charge on any atom is -0.454 e. The van der Waals surface area contributed by atoms with Crippen molar-refractivity contribution in [1.82, 2.24) is 5.32 Å². The van der Waals surface area contributed by atoms with Crippen LogP contribution in [0.2, 0.25) is 0 Å². The van der Waals surface area contributed by atoms with E-state index in [0.717, 1.165) is 5.69 Å². The molecule has 2 N–H and O–H groups in total. The third kappa shape index (κ3) is 2.77. The second kappa shape index (κ2) is 6.10. The molecule has 22 heavy (non-hydrogen) atoms. The van der Waals surface area contributed by atoms with Gasteiger partial charge in [0.25, 0.3) is 0 Å². The zero-order valence-corrected chi connectivity index (χ0v) is 12.2. The molecule has 2 amide bonds. The molecule has 0 saturated carbocycles. The average Bonchev–Trinajstić information content (AvgIpc) is 2.96. The normalized spacial score (nSPS) is 15.3. The van der Waals surface area contributed by atoms with Gasteiger partial charge in [-0.05, 0) is 0 Å². The van der Waals surface area contributed by atoms with E-state index in [-0.39, 0.29) is 31.7 Å². The molecule has 0 aromatic heterocycles. The predicted octanol–water partition coefficient (Wildman–Crippen LogP) is -0.0636. The Balaban J connectivity index is 1.77. The first kappa shape index (κ1) is 14.5. The van der Waals surface area contributed by atoms with Crippen LogP contribution in [0.25, 0.3) is 0 Å². The Morgan fingerprint density at radius 2 is 2.18 bits per heavy atom. The molecule has 0 fully saturated rings. The summed E-state index contributed by atoms with van der Waals surface area (Å²) in [6.07, 6.45) is 0. The number of ether oxygens (including phenoxy) is 3. The number of fused-ring (bicyclic) bond motifs is 2. The van der Waals surface area contributed by atoms with Gasteiger partial charge in [0.1, 0.15) is 6.54 Å². The van der Waals surface area contributed by atoms with Crippen molar-refractivity contribution in [2.45, 2.75) is 0 Å². The highest BCUT2D eigenvalue weighted by atomic mass is 16.7. The molecular weight excluding hydrogens is 290 g/mol. The zero-order chi connectivity index (χ0) is 15.5. The molecule has 2 aliphatic rings. The van der Waals surface area contributed by atoms with E-state index in [1.54, 1.807) is 19.2 Å². The molecule has 1 aromatic rings. The molecular formula is C14H17N3O5. The maximum Gasteiger partial charge on any atom is 0.246 e. The van der Waals surface area contributed by atoms with E-state index in [1.165, 1.54) is 4.90 Å². The lowest BCUT2D eigenvalue weighted by atomic mass is 10.1. The van der Waals surface area contributed by atoms with Crippen molar-refractivity contribution < 1.29 is 23.8 Å². The highest BCUT2D eigenvalue weighted by Gasteiger charge is 2.29. The van der Waals surface area contributed by atoms with Crippen LogP contribution in [0, 0.1) is 0 Å². The lowest BCUT2D eigenvalue weighted by Gasteiger charge is -2.29. The van der Waals surface area contributed by atoms with Crippen molar-refractivity contribution in [3.8, 4) is 11.5 Å². The third-order valence-electron chi connectivity index (χ3n) is 3.44. The third-order valence-corrected chi connectivity index (χ3v) is 3.44. The van der Waals surface area contributed by atoms with Crippen molar-refractivity contribution in [1.29, 1.82) is 0 Å². The molecule has 0 aliphatic carbocycles. The van der Waals surface area contributed by atoms with E-state index in [0.29, 0.717) is 30.3 Å². The van der Waals surface area contributed by atoms with Gasteiger partial charge in [-0.15, -0.1) is 0 Å². The first-order valence-electron chi connectivity index (χ1n) is 6.92. The van der Waals surface area contributed by atoms with Crippen molar-refractivity contribution in [3.05, 3.63) is 12.1 Å². The van der Waals surface area contributed by atoms with Gasteiger partial charge >= 0.3 is 0 Å². The summed E-state index contributed by atoms with van der Waals surface area (Å²) in [6.45, 7) is 1.08. The van der Waals surface area contributed by atoms with Crippen LogP contribution in [0.3, 0.4) is 0 Å². The summed E-state index contributed by atoms with van der Waals surface area (Å²) in [5, 5.41) is 5.72. The van der Waals surface area contributed by atoms with Crippen molar-refractivity contribution >= 4 is 23.2 Å². The van der Waals surface area contributed by atoms with Gasteiger partial charge in [-0.3, -0.25) is 14.5 Å². The maximum absolute atomic E-state index is 12.1. The number of carbonyl (C=O) groups excluding carboxylic acids is 2. The standard InChI is InChI=1S/C14H17N3O5/c1-20-3-2-15-13(18)7-17-10-5-12-11(21-8-22-12)4-9(10)16-6-14(17)19/h4-5,16H,2-3,6-8H2,1H3,(H,15,18). The van der Waals surface area contributed by atoms with Gasteiger partial charge in [0, 0.05) is 25.8 Å². The predicted molar refractivity (Wildman–Crippen MR) is 78.3 cm³/mol. The van der Waals surface area contributed by atoms with Gasteiger partial charge < -0.3 is 24.8 Å². The van der Waals surface area contributed by atoms with Gasteiger partial charge in [0.05, 0.1) is 24.5 Å². The van der Waals surface area contributed by atoms with E-state index in [4.69, 9.17) is 14.2 Å². The Morgan fingerprint density at radius 1 is 1.41 bits per heavy atom. The number of carbonyl (C=O) groups is 2. The molecule has 0 saturated heterocycles. The number of methoxy groups -OCH3 is 1. The fraction of sp³-hybridized carbons (Fsp3) is 0.429. The number of benzene rings is 1. The highest BCUT2D eigenvalue weighted by Crippen LogP contribution is 2.42. The van der Waals surface area contributed by atoms with Crippen LogP contribution in [-0.4, -0.2) is 52.0 Å². The summed E-state index contributed by atoms with van der Waals surface area (Å²) in [5.74, 6) is 0.786. The number of nitrogens with one attached hydrogen (secondary N) is 2. The molecule has 0 spiro atoms. The Kier molecular flexibility index (Phi) is 4.01. The van der Waals surface area contributed by atoms with E-state index in [2.05, 4.69) is 10.6 Å². The lowest BCUT2D eigenvalue weighted by Crippen LogP contribution is -2.46. The van der Waals surface area contributed by atoms with Gasteiger partial charge in [-0.1, -0.05) is 0 Å². The Labute approximate surface area is 127 Å². The van der Waals surface area contributed by atoms with E-state index in [1.807, 2.05) is 0 Å². The molecule has 8 nitrogen and oxygen atoms in total. The zero-order valence-electron chi connectivity index (χ0n) is 12.2. The molecule has 118 valence electrons. The molecule has 2 aliphatic heterocycles. The second-order valence-corrected chi connectivity index (χ2v) is 4.90. The Bertz CT molecular complexity index is 604. The Morgan fingerprint density at radius 3 is 2.95 bits per heavy atom. The molecule has 0 radical (unpaired) electrons. The average molecular weight is 307 g/mol. The van der Waals surface area contributed by atoms with Gasteiger partial charge in [-0.25, -0.2) is 0 Å². The van der Waals surface area contributed by atoms with Crippen LogP contribution >= 0.6 is 0 Å². The fourth-order valence-corrected chi connectivity index (χ4v) is 2.36. The SMILES string of the molecule is COCCNC(=O)CN1C(=O)CNc2cc3c(cc21)OCO3. The number of hydrogen-bond acceptors (Lipinski definition) is 6. The number of anilines is 2. The van der Waals surface area contributed by atoms with Crippen LogP contribution in [0.1, 0.15) is 0 Å². The van der Waals surface area contributed by atoms with Crippen LogP contribution in [0.4, 0.5) is 11.4 Å². The van der Waals surface area contributed by atoms with Crippen molar-refractivity contribution in [2.24, 2.45) is 0 Å². The summed E-state index contributed by atoms with van der Waals surface area (Å²) in [5.41, 5.74) is 1.36. The molecule has 1 aromatic carbocycles. The smallest absolute Gasteiger partial charge is 0.246 e.